The predicted molar refractivity (Wildman–Crippen MR) is 204 cm³/mol. The Balaban J connectivity index is 4.37. The molecule has 0 aliphatic heterocycles. The lowest BCUT2D eigenvalue weighted by molar-refractivity contribution is -0.889. The van der Waals surface area contributed by atoms with Crippen LogP contribution < -0.4 is 5.11 Å². The number of esters is 2. The third-order valence-corrected chi connectivity index (χ3v) is 9.40. The van der Waals surface area contributed by atoms with Crippen LogP contribution in [0.1, 0.15) is 187 Å². The number of carboxylic acid groups (broad SMARTS) is 1. The molecule has 0 amide bonds. The number of likely N-dealkylation sites (N-methyl/N-ethyl adjacent to an activating group) is 1. The fourth-order valence-electron chi connectivity index (χ4n) is 6.12. The number of carbonyl (C=O) groups is 3. The average molecular weight is 710 g/mol. The summed E-state index contributed by atoms with van der Waals surface area (Å²) in [7, 11) is 5.40. The fraction of sp³-hybridized carbons (Fsp3) is 0.881. The lowest BCUT2D eigenvalue weighted by atomic mass is 10.0. The third-order valence-electron chi connectivity index (χ3n) is 9.40. The number of carbonyl (C=O) groups excluding carboxylic acids is 3. The van der Waals surface area contributed by atoms with Crippen molar-refractivity contribution in [2.45, 2.75) is 199 Å². The molecule has 0 aromatic carbocycles. The van der Waals surface area contributed by atoms with E-state index in [0.717, 1.165) is 51.4 Å². The van der Waals surface area contributed by atoms with E-state index in [0.29, 0.717) is 12.8 Å². The molecule has 8 nitrogen and oxygen atoms in total. The molecule has 0 aromatic heterocycles. The fourth-order valence-corrected chi connectivity index (χ4v) is 6.12. The van der Waals surface area contributed by atoms with Gasteiger partial charge >= 0.3 is 11.9 Å². The predicted octanol–water partition coefficient (Wildman–Crippen LogP) is 9.41. The summed E-state index contributed by atoms with van der Waals surface area (Å²) in [5, 5.41) is 11.6. The SMILES string of the molecule is CCCCC/C=C/CCCCCCCC(=O)OCC(COCCC(C(=O)[O-])[N+](C)(C)C)OC(=O)CCCCCCCCCCCCCCCC. The molecule has 0 aliphatic carbocycles. The monoisotopic (exact) mass is 710 g/mol. The van der Waals surface area contributed by atoms with Crippen LogP contribution in [0.25, 0.3) is 0 Å². The van der Waals surface area contributed by atoms with Crippen molar-refractivity contribution < 1.29 is 38.2 Å². The third kappa shape index (κ3) is 32.0. The van der Waals surface area contributed by atoms with Crippen molar-refractivity contribution in [3.8, 4) is 0 Å². The summed E-state index contributed by atoms with van der Waals surface area (Å²) in [6.07, 6.45) is 33.7. The molecular weight excluding hydrogens is 630 g/mol. The summed E-state index contributed by atoms with van der Waals surface area (Å²) in [5.41, 5.74) is 0. The second-order valence-corrected chi connectivity index (χ2v) is 15.2. The molecule has 0 bridgehead atoms. The van der Waals surface area contributed by atoms with E-state index in [-0.39, 0.29) is 42.7 Å². The minimum Gasteiger partial charge on any atom is -0.544 e. The number of unbranched alkanes of at least 4 members (excludes halogenated alkanes) is 21. The van der Waals surface area contributed by atoms with Gasteiger partial charge in [0.15, 0.2) is 6.10 Å². The first-order valence-corrected chi connectivity index (χ1v) is 20.7. The first kappa shape index (κ1) is 48.1. The van der Waals surface area contributed by atoms with Crippen molar-refractivity contribution in [3.63, 3.8) is 0 Å². The molecule has 0 aliphatic rings. The molecule has 0 fully saturated rings. The highest BCUT2D eigenvalue weighted by Crippen LogP contribution is 2.15. The van der Waals surface area contributed by atoms with E-state index < -0.39 is 18.1 Å². The number of aliphatic carboxylic acids is 1. The minimum atomic E-state index is -1.12. The van der Waals surface area contributed by atoms with Crippen LogP contribution in [0.15, 0.2) is 12.2 Å². The van der Waals surface area contributed by atoms with Gasteiger partial charge in [-0.3, -0.25) is 9.59 Å². The van der Waals surface area contributed by atoms with Gasteiger partial charge in [-0.1, -0.05) is 142 Å². The van der Waals surface area contributed by atoms with Gasteiger partial charge in [0.05, 0.1) is 40.3 Å². The molecule has 0 radical (unpaired) electrons. The van der Waals surface area contributed by atoms with E-state index in [2.05, 4.69) is 26.0 Å². The van der Waals surface area contributed by atoms with Crippen molar-refractivity contribution in [2.24, 2.45) is 0 Å². The molecule has 0 heterocycles. The summed E-state index contributed by atoms with van der Waals surface area (Å²) in [6, 6.07) is -0.721. The van der Waals surface area contributed by atoms with Crippen LogP contribution in [-0.4, -0.2) is 75.5 Å². The second-order valence-electron chi connectivity index (χ2n) is 15.2. The Kier molecular flexibility index (Phi) is 32.9. The van der Waals surface area contributed by atoms with Crippen molar-refractivity contribution in [3.05, 3.63) is 12.2 Å². The second kappa shape index (κ2) is 34.2. The van der Waals surface area contributed by atoms with Gasteiger partial charge in [-0.15, -0.1) is 0 Å². The Morgan fingerprint density at radius 2 is 1.00 bits per heavy atom. The van der Waals surface area contributed by atoms with Gasteiger partial charge in [-0.2, -0.15) is 0 Å². The largest absolute Gasteiger partial charge is 0.544 e. The van der Waals surface area contributed by atoms with Gasteiger partial charge in [0.1, 0.15) is 12.6 Å². The molecule has 0 saturated carbocycles. The van der Waals surface area contributed by atoms with Crippen LogP contribution in [0.5, 0.6) is 0 Å². The van der Waals surface area contributed by atoms with Gasteiger partial charge < -0.3 is 28.6 Å². The van der Waals surface area contributed by atoms with Crippen molar-refractivity contribution in [2.75, 3.05) is 41.0 Å². The van der Waals surface area contributed by atoms with Crippen LogP contribution in [0, 0.1) is 0 Å². The number of carboxylic acids is 1. The normalized spacial score (nSPS) is 13.1. The van der Waals surface area contributed by atoms with Crippen molar-refractivity contribution in [1.29, 1.82) is 0 Å². The summed E-state index contributed by atoms with van der Waals surface area (Å²) in [4.78, 5) is 36.7. The number of hydrogen-bond donors (Lipinski definition) is 0. The van der Waals surface area contributed by atoms with E-state index >= 15 is 0 Å². The standard InChI is InChI=1S/C42H79NO7/c1-6-8-10-12-14-16-18-20-21-23-25-27-29-31-33-41(45)50-38(36-48-35-34-39(42(46)47)43(3,4)5)37-49-40(44)32-30-28-26-24-22-19-17-15-13-11-9-7-2/h15,17,38-39H,6-14,16,18-37H2,1-5H3/b17-15+. The maximum Gasteiger partial charge on any atom is 0.306 e. The Morgan fingerprint density at radius 3 is 1.48 bits per heavy atom. The highest BCUT2D eigenvalue weighted by Gasteiger charge is 2.25. The first-order chi connectivity index (χ1) is 24.1. The van der Waals surface area contributed by atoms with Crippen LogP contribution in [0.4, 0.5) is 0 Å². The maximum absolute atomic E-state index is 12.7. The number of quaternary nitrogens is 1. The zero-order valence-corrected chi connectivity index (χ0v) is 33.3. The number of ether oxygens (including phenoxy) is 3. The van der Waals surface area contributed by atoms with Gasteiger partial charge in [-0.25, -0.2) is 0 Å². The first-order valence-electron chi connectivity index (χ1n) is 20.7. The zero-order valence-electron chi connectivity index (χ0n) is 33.3. The molecule has 0 aromatic rings. The van der Waals surface area contributed by atoms with Crippen LogP contribution in [-0.2, 0) is 28.6 Å². The minimum absolute atomic E-state index is 0.0434. The van der Waals surface area contributed by atoms with Crippen LogP contribution >= 0.6 is 0 Å². The van der Waals surface area contributed by atoms with Gasteiger partial charge in [0.25, 0.3) is 0 Å². The Morgan fingerprint density at radius 1 is 0.580 bits per heavy atom. The number of hydrogen-bond acceptors (Lipinski definition) is 7. The molecule has 0 spiro atoms. The van der Waals surface area contributed by atoms with E-state index in [9.17, 15) is 19.5 Å². The molecule has 0 rings (SSSR count). The highest BCUT2D eigenvalue weighted by molar-refractivity contribution is 5.70. The Bertz CT molecular complexity index is 838. The molecule has 0 saturated heterocycles. The number of rotatable bonds is 37. The van der Waals surface area contributed by atoms with Crippen molar-refractivity contribution >= 4 is 17.9 Å². The van der Waals surface area contributed by atoms with Crippen molar-refractivity contribution in [1.82, 2.24) is 0 Å². The molecular formula is C42H79NO7. The van der Waals surface area contributed by atoms with E-state index in [4.69, 9.17) is 14.2 Å². The Hall–Kier alpha value is -1.93. The molecule has 294 valence electrons. The summed E-state index contributed by atoms with van der Waals surface area (Å²) in [5.74, 6) is -1.74. The molecule has 2 atom stereocenters. The lowest BCUT2D eigenvalue weighted by Gasteiger charge is -2.34. The van der Waals surface area contributed by atoms with E-state index in [1.807, 2.05) is 0 Å². The van der Waals surface area contributed by atoms with E-state index in [1.54, 1.807) is 21.1 Å². The maximum atomic E-state index is 12.7. The number of allylic oxidation sites excluding steroid dienone is 2. The molecule has 0 N–H and O–H groups in total. The average Bonchev–Trinajstić information content (AvgIpc) is 3.06. The number of nitrogens with zero attached hydrogens (tertiary/aromatic N) is 1. The zero-order chi connectivity index (χ0) is 37.1. The summed E-state index contributed by atoms with van der Waals surface area (Å²) in [6.45, 7) is 4.64. The molecule has 8 heteroatoms. The Labute approximate surface area is 308 Å². The molecule has 50 heavy (non-hydrogen) atoms. The lowest BCUT2D eigenvalue weighted by Crippen LogP contribution is -2.55. The quantitative estimate of drug-likeness (QED) is 0.0274. The smallest absolute Gasteiger partial charge is 0.306 e. The van der Waals surface area contributed by atoms with Gasteiger partial charge in [0.2, 0.25) is 0 Å². The summed E-state index contributed by atoms with van der Waals surface area (Å²) >= 11 is 0. The molecule has 2 unspecified atom stereocenters. The van der Waals surface area contributed by atoms with Gasteiger partial charge in [-0.05, 0) is 38.5 Å². The van der Waals surface area contributed by atoms with Crippen LogP contribution in [0.2, 0.25) is 0 Å². The van der Waals surface area contributed by atoms with Gasteiger partial charge in [0, 0.05) is 19.3 Å². The summed E-state index contributed by atoms with van der Waals surface area (Å²) < 4.78 is 17.1. The van der Waals surface area contributed by atoms with Crippen LogP contribution in [0.3, 0.4) is 0 Å². The highest BCUT2D eigenvalue weighted by atomic mass is 16.6. The van der Waals surface area contributed by atoms with E-state index in [1.165, 1.54) is 103 Å². The topological polar surface area (TPSA) is 102 Å².